The monoisotopic (exact) mass is 288 g/mol. The molecule has 1 heterocycles. The van der Waals surface area contributed by atoms with Crippen LogP contribution in [0.5, 0.6) is 0 Å². The first-order valence-electron chi connectivity index (χ1n) is 9.49. The molecular weight excluding hydrogens is 256 g/mol. The van der Waals surface area contributed by atoms with E-state index in [-0.39, 0.29) is 0 Å². The Morgan fingerprint density at radius 1 is 0.762 bits per heavy atom. The largest absolute Gasteiger partial charge is 0.465 e. The van der Waals surface area contributed by atoms with Crippen LogP contribution in [-0.2, 0) is 12.8 Å². The molecule has 0 aliphatic heterocycles. The fourth-order valence-corrected chi connectivity index (χ4v) is 3.79. The second-order valence-electron chi connectivity index (χ2n) is 7.25. The maximum Gasteiger partial charge on any atom is 0.110 e. The molecule has 0 aromatic carbocycles. The smallest absolute Gasteiger partial charge is 0.110 e. The van der Waals surface area contributed by atoms with Gasteiger partial charge in [0.1, 0.15) is 11.5 Å². The van der Waals surface area contributed by atoms with Gasteiger partial charge < -0.3 is 4.42 Å². The molecule has 1 aromatic rings. The van der Waals surface area contributed by atoms with Crippen LogP contribution in [0.25, 0.3) is 0 Å². The predicted molar refractivity (Wildman–Crippen MR) is 89.1 cm³/mol. The first kappa shape index (κ1) is 15.2. The van der Waals surface area contributed by atoms with Crippen molar-refractivity contribution in [1.82, 2.24) is 0 Å². The van der Waals surface area contributed by atoms with Crippen LogP contribution in [0.4, 0.5) is 0 Å². The minimum absolute atomic E-state index is 0.756. The molecule has 0 radical (unpaired) electrons. The van der Waals surface area contributed by atoms with E-state index in [1.165, 1.54) is 88.6 Å². The lowest BCUT2D eigenvalue weighted by Crippen LogP contribution is -2.10. The normalized spacial score (nSPS) is 19.5. The molecule has 118 valence electrons. The molecule has 2 aliphatic carbocycles. The van der Waals surface area contributed by atoms with Crippen LogP contribution in [0.2, 0.25) is 0 Å². The molecule has 2 aliphatic rings. The van der Waals surface area contributed by atoms with Gasteiger partial charge in [-0.15, -0.1) is 0 Å². The Kier molecular flexibility index (Phi) is 5.08. The van der Waals surface area contributed by atoms with E-state index in [2.05, 4.69) is 13.8 Å². The van der Waals surface area contributed by atoms with Crippen molar-refractivity contribution in [2.45, 2.75) is 103 Å². The van der Waals surface area contributed by atoms with Crippen molar-refractivity contribution in [2.24, 2.45) is 0 Å². The van der Waals surface area contributed by atoms with Gasteiger partial charge in [0, 0.05) is 11.8 Å². The van der Waals surface area contributed by atoms with E-state index in [1.54, 1.807) is 11.1 Å². The van der Waals surface area contributed by atoms with Gasteiger partial charge in [-0.25, -0.2) is 0 Å². The van der Waals surface area contributed by atoms with Crippen LogP contribution >= 0.6 is 0 Å². The summed E-state index contributed by atoms with van der Waals surface area (Å²) in [5.41, 5.74) is 3.30. The molecule has 0 N–H and O–H groups in total. The summed E-state index contributed by atoms with van der Waals surface area (Å²) in [5, 5.41) is 0. The van der Waals surface area contributed by atoms with E-state index in [9.17, 15) is 0 Å². The molecule has 21 heavy (non-hydrogen) atoms. The van der Waals surface area contributed by atoms with Gasteiger partial charge >= 0.3 is 0 Å². The second kappa shape index (κ2) is 7.03. The lowest BCUT2D eigenvalue weighted by atomic mass is 9.79. The van der Waals surface area contributed by atoms with Crippen molar-refractivity contribution in [3.63, 3.8) is 0 Å². The summed E-state index contributed by atoms with van der Waals surface area (Å²) in [6.07, 6.45) is 16.0. The van der Waals surface area contributed by atoms with Crippen molar-refractivity contribution < 1.29 is 4.42 Å². The first-order chi connectivity index (χ1) is 10.3. The fraction of sp³-hybridized carbons (Fsp3) is 0.800. The van der Waals surface area contributed by atoms with Crippen LogP contribution in [-0.4, -0.2) is 0 Å². The lowest BCUT2D eigenvalue weighted by Gasteiger charge is -2.25. The topological polar surface area (TPSA) is 13.1 Å². The number of hydrogen-bond donors (Lipinski definition) is 0. The van der Waals surface area contributed by atoms with Gasteiger partial charge in [-0.3, -0.25) is 0 Å². The van der Waals surface area contributed by atoms with Gasteiger partial charge in [0.2, 0.25) is 0 Å². The van der Waals surface area contributed by atoms with Crippen LogP contribution in [0.15, 0.2) is 4.42 Å². The Balaban J connectivity index is 1.91. The summed E-state index contributed by atoms with van der Waals surface area (Å²) in [7, 11) is 0. The van der Waals surface area contributed by atoms with E-state index >= 15 is 0 Å². The van der Waals surface area contributed by atoms with Crippen LogP contribution in [0.1, 0.15) is 113 Å². The summed E-state index contributed by atoms with van der Waals surface area (Å²) in [6, 6.07) is 0. The van der Waals surface area contributed by atoms with Crippen LogP contribution < -0.4 is 0 Å². The van der Waals surface area contributed by atoms with Crippen molar-refractivity contribution in [2.75, 3.05) is 0 Å². The molecule has 0 spiro atoms. The number of rotatable bonds is 8. The standard InChI is InChI=1S/C20H32O/c1-3-5-13-17-18(14-6-4-2)20(16-11-8-12-16)21-19(17)15-9-7-10-15/h15-16H,3-14H2,1-2H3. The molecule has 1 nitrogen and oxygen atoms in total. The summed E-state index contributed by atoms with van der Waals surface area (Å²) in [5.74, 6) is 4.35. The molecule has 3 rings (SSSR count). The van der Waals surface area contributed by atoms with E-state index < -0.39 is 0 Å². The third-order valence-electron chi connectivity index (χ3n) is 5.69. The fourth-order valence-electron chi connectivity index (χ4n) is 3.79. The molecule has 0 saturated heterocycles. The molecular formula is C20H32O. The van der Waals surface area contributed by atoms with Gasteiger partial charge in [0.05, 0.1) is 0 Å². The molecule has 2 fully saturated rings. The van der Waals surface area contributed by atoms with E-state index in [4.69, 9.17) is 4.42 Å². The molecule has 1 heteroatoms. The molecule has 1 aromatic heterocycles. The predicted octanol–water partition coefficient (Wildman–Crippen LogP) is 6.50. The van der Waals surface area contributed by atoms with Gasteiger partial charge in [0.15, 0.2) is 0 Å². The Labute approximate surface area is 130 Å². The van der Waals surface area contributed by atoms with Crippen LogP contribution in [0, 0.1) is 0 Å². The Morgan fingerprint density at radius 2 is 1.19 bits per heavy atom. The third-order valence-corrected chi connectivity index (χ3v) is 5.69. The van der Waals surface area contributed by atoms with Crippen molar-refractivity contribution in [1.29, 1.82) is 0 Å². The minimum atomic E-state index is 0.756. The Bertz CT molecular complexity index is 408. The van der Waals surface area contributed by atoms with E-state index in [0.717, 1.165) is 11.8 Å². The van der Waals surface area contributed by atoms with Crippen LogP contribution in [0.3, 0.4) is 0 Å². The maximum absolute atomic E-state index is 6.55. The Morgan fingerprint density at radius 3 is 1.48 bits per heavy atom. The number of unbranched alkanes of at least 4 members (excludes halogenated alkanes) is 2. The minimum Gasteiger partial charge on any atom is -0.465 e. The average Bonchev–Trinajstić information content (AvgIpc) is 2.68. The summed E-state index contributed by atoms with van der Waals surface area (Å²) < 4.78 is 6.55. The molecule has 0 bridgehead atoms. The van der Waals surface area contributed by atoms with E-state index in [1.807, 2.05) is 0 Å². The highest BCUT2D eigenvalue weighted by atomic mass is 16.3. The van der Waals surface area contributed by atoms with Gasteiger partial charge in [-0.2, -0.15) is 0 Å². The zero-order chi connectivity index (χ0) is 14.7. The summed E-state index contributed by atoms with van der Waals surface area (Å²) in [4.78, 5) is 0. The van der Waals surface area contributed by atoms with Gasteiger partial charge in [-0.05, 0) is 62.5 Å². The number of hydrogen-bond acceptors (Lipinski definition) is 1. The Hall–Kier alpha value is -0.720. The molecule has 2 saturated carbocycles. The van der Waals surface area contributed by atoms with Crippen molar-refractivity contribution in [3.05, 3.63) is 22.6 Å². The zero-order valence-corrected chi connectivity index (χ0v) is 14.0. The highest BCUT2D eigenvalue weighted by Gasteiger charge is 2.33. The summed E-state index contributed by atoms with van der Waals surface area (Å²) >= 11 is 0. The van der Waals surface area contributed by atoms with Crippen molar-refractivity contribution >= 4 is 0 Å². The zero-order valence-electron chi connectivity index (χ0n) is 14.0. The summed E-state index contributed by atoms with van der Waals surface area (Å²) in [6.45, 7) is 4.61. The molecule has 0 atom stereocenters. The van der Waals surface area contributed by atoms with E-state index in [0.29, 0.717) is 0 Å². The average molecular weight is 288 g/mol. The lowest BCUT2D eigenvalue weighted by molar-refractivity contribution is 0.295. The SMILES string of the molecule is CCCCc1c(C2CCC2)oc(C2CCC2)c1CCCC. The van der Waals surface area contributed by atoms with Gasteiger partial charge in [-0.1, -0.05) is 39.5 Å². The quantitative estimate of drug-likeness (QED) is 0.532. The van der Waals surface area contributed by atoms with Gasteiger partial charge in [0.25, 0.3) is 0 Å². The second-order valence-corrected chi connectivity index (χ2v) is 7.25. The molecule has 0 amide bonds. The maximum atomic E-state index is 6.55. The highest BCUT2D eigenvalue weighted by Crippen LogP contribution is 2.46. The molecule has 0 unspecified atom stereocenters. The third kappa shape index (κ3) is 3.07. The highest BCUT2D eigenvalue weighted by molar-refractivity contribution is 5.39. The number of furan rings is 1. The van der Waals surface area contributed by atoms with Crippen molar-refractivity contribution in [3.8, 4) is 0 Å². The first-order valence-corrected chi connectivity index (χ1v) is 9.49.